The quantitative estimate of drug-likeness (QED) is 0.845. The van der Waals surface area contributed by atoms with Crippen molar-refractivity contribution < 1.29 is 4.79 Å². The first-order valence-electron chi connectivity index (χ1n) is 6.17. The third kappa shape index (κ3) is 2.50. The van der Waals surface area contributed by atoms with Crippen LogP contribution in [0.5, 0.6) is 0 Å². The van der Waals surface area contributed by atoms with Gasteiger partial charge in [-0.3, -0.25) is 4.79 Å². The lowest BCUT2D eigenvalue weighted by Gasteiger charge is -2.24. The Hall–Kier alpha value is -2.17. The molecule has 0 aliphatic heterocycles. The molecule has 1 amide bonds. The molecule has 0 aliphatic rings. The van der Waals surface area contributed by atoms with Gasteiger partial charge in [0.25, 0.3) is 5.91 Å². The van der Waals surface area contributed by atoms with Gasteiger partial charge in [0.05, 0.1) is 17.3 Å². The zero-order valence-electron chi connectivity index (χ0n) is 11.7. The van der Waals surface area contributed by atoms with Gasteiger partial charge in [-0.25, -0.2) is 9.97 Å². The number of carbonyl (C=O) groups is 1. The molecular formula is C14H18N4O. The van der Waals surface area contributed by atoms with Crippen LogP contribution >= 0.6 is 0 Å². The maximum Gasteiger partial charge on any atom is 0.255 e. The van der Waals surface area contributed by atoms with E-state index in [9.17, 15) is 4.79 Å². The van der Waals surface area contributed by atoms with E-state index in [0.29, 0.717) is 0 Å². The summed E-state index contributed by atoms with van der Waals surface area (Å²) in [6, 6.07) is 3.59. The maximum absolute atomic E-state index is 12.5. The summed E-state index contributed by atoms with van der Waals surface area (Å²) in [5, 5.41) is 0. The van der Waals surface area contributed by atoms with E-state index in [4.69, 9.17) is 0 Å². The van der Waals surface area contributed by atoms with Crippen molar-refractivity contribution in [3.63, 3.8) is 0 Å². The van der Waals surface area contributed by atoms with Crippen molar-refractivity contribution in [2.45, 2.75) is 19.9 Å². The highest BCUT2D eigenvalue weighted by Crippen LogP contribution is 2.20. The standard InChI is InChI=1S/C14H18N4O/c1-10-12(6-8-17(10)3)14(19)18(4)11(2)13-5-7-15-9-16-13/h5-9,11H,1-4H3. The minimum absolute atomic E-state index is 0.00390. The van der Waals surface area contributed by atoms with E-state index < -0.39 is 0 Å². The molecule has 0 saturated carbocycles. The van der Waals surface area contributed by atoms with Gasteiger partial charge in [-0.05, 0) is 26.0 Å². The molecule has 2 rings (SSSR count). The average Bonchev–Trinajstić information content (AvgIpc) is 2.77. The number of hydrogen-bond donors (Lipinski definition) is 0. The van der Waals surface area contributed by atoms with E-state index >= 15 is 0 Å². The highest BCUT2D eigenvalue weighted by molar-refractivity contribution is 5.95. The van der Waals surface area contributed by atoms with Crippen LogP contribution in [0.3, 0.4) is 0 Å². The Kier molecular flexibility index (Phi) is 3.64. The molecule has 0 radical (unpaired) electrons. The van der Waals surface area contributed by atoms with E-state index in [-0.39, 0.29) is 11.9 Å². The van der Waals surface area contributed by atoms with Crippen LogP contribution in [0, 0.1) is 6.92 Å². The summed E-state index contributed by atoms with van der Waals surface area (Å²) in [7, 11) is 3.72. The first kappa shape index (κ1) is 13.3. The monoisotopic (exact) mass is 258 g/mol. The normalized spacial score (nSPS) is 12.2. The van der Waals surface area contributed by atoms with Crippen LogP contribution in [0.2, 0.25) is 0 Å². The zero-order chi connectivity index (χ0) is 14.0. The number of amides is 1. The fourth-order valence-electron chi connectivity index (χ4n) is 1.95. The van der Waals surface area contributed by atoms with E-state index in [0.717, 1.165) is 17.0 Å². The largest absolute Gasteiger partial charge is 0.354 e. The molecule has 2 heterocycles. The minimum Gasteiger partial charge on any atom is -0.354 e. The van der Waals surface area contributed by atoms with E-state index in [1.807, 2.05) is 43.8 Å². The summed E-state index contributed by atoms with van der Waals surface area (Å²) in [5.74, 6) is 0.00390. The van der Waals surface area contributed by atoms with Crippen molar-refractivity contribution >= 4 is 5.91 Å². The Labute approximate surface area is 112 Å². The third-order valence-corrected chi connectivity index (χ3v) is 3.55. The summed E-state index contributed by atoms with van der Waals surface area (Å²) < 4.78 is 1.94. The molecule has 0 spiro atoms. The lowest BCUT2D eigenvalue weighted by atomic mass is 10.1. The molecule has 0 fully saturated rings. The minimum atomic E-state index is -0.0879. The van der Waals surface area contributed by atoms with Gasteiger partial charge >= 0.3 is 0 Å². The molecule has 2 aromatic rings. The van der Waals surface area contributed by atoms with Gasteiger partial charge in [-0.2, -0.15) is 0 Å². The molecule has 2 aromatic heterocycles. The van der Waals surface area contributed by atoms with Crippen LogP contribution in [0.1, 0.15) is 34.7 Å². The zero-order valence-corrected chi connectivity index (χ0v) is 11.7. The molecule has 5 nitrogen and oxygen atoms in total. The lowest BCUT2D eigenvalue weighted by molar-refractivity contribution is 0.0739. The second-order valence-electron chi connectivity index (χ2n) is 4.65. The van der Waals surface area contributed by atoms with Gasteiger partial charge in [0.15, 0.2) is 0 Å². The van der Waals surface area contributed by atoms with E-state index in [1.54, 1.807) is 18.1 Å². The van der Waals surface area contributed by atoms with Crippen LogP contribution in [0.25, 0.3) is 0 Å². The number of aryl methyl sites for hydroxylation is 1. The number of aromatic nitrogens is 3. The first-order valence-corrected chi connectivity index (χ1v) is 6.17. The van der Waals surface area contributed by atoms with E-state index in [2.05, 4.69) is 9.97 Å². The summed E-state index contributed by atoms with van der Waals surface area (Å²) >= 11 is 0. The number of carbonyl (C=O) groups excluding carboxylic acids is 1. The van der Waals surface area contributed by atoms with E-state index in [1.165, 1.54) is 6.33 Å². The van der Waals surface area contributed by atoms with Gasteiger partial charge in [-0.15, -0.1) is 0 Å². The number of rotatable bonds is 3. The Balaban J connectivity index is 2.22. The maximum atomic E-state index is 12.5. The fraction of sp³-hybridized carbons (Fsp3) is 0.357. The van der Waals surface area contributed by atoms with Crippen molar-refractivity contribution in [1.82, 2.24) is 19.4 Å². The predicted molar refractivity (Wildman–Crippen MR) is 72.7 cm³/mol. The predicted octanol–water partition coefficient (Wildman–Crippen LogP) is 1.96. The van der Waals surface area contributed by atoms with Gasteiger partial charge in [0.1, 0.15) is 6.33 Å². The fourth-order valence-corrected chi connectivity index (χ4v) is 1.95. The smallest absolute Gasteiger partial charge is 0.255 e. The van der Waals surface area contributed by atoms with Gasteiger partial charge in [-0.1, -0.05) is 0 Å². The Bertz CT molecular complexity index is 576. The summed E-state index contributed by atoms with van der Waals surface area (Å²) in [5.41, 5.74) is 2.53. The van der Waals surface area contributed by atoms with Crippen molar-refractivity contribution in [2.75, 3.05) is 7.05 Å². The summed E-state index contributed by atoms with van der Waals surface area (Å²) in [6.07, 6.45) is 5.08. The summed E-state index contributed by atoms with van der Waals surface area (Å²) in [4.78, 5) is 22.2. The average molecular weight is 258 g/mol. The molecule has 100 valence electrons. The molecular weight excluding hydrogens is 240 g/mol. The van der Waals surface area contributed by atoms with Crippen LogP contribution < -0.4 is 0 Å². The van der Waals surface area contributed by atoms with Crippen LogP contribution in [-0.2, 0) is 7.05 Å². The molecule has 0 N–H and O–H groups in total. The van der Waals surface area contributed by atoms with Gasteiger partial charge in [0, 0.05) is 32.2 Å². The SMILES string of the molecule is Cc1c(C(=O)N(C)C(C)c2ccncn2)ccn1C. The van der Waals surface area contributed by atoms with Gasteiger partial charge in [0.2, 0.25) is 0 Å². The van der Waals surface area contributed by atoms with Crippen molar-refractivity contribution in [3.05, 3.63) is 47.8 Å². The Morgan fingerprint density at radius 1 is 1.42 bits per heavy atom. The number of hydrogen-bond acceptors (Lipinski definition) is 3. The molecule has 1 unspecified atom stereocenters. The summed E-state index contributed by atoms with van der Waals surface area (Å²) in [6.45, 7) is 3.90. The Morgan fingerprint density at radius 3 is 2.68 bits per heavy atom. The van der Waals surface area contributed by atoms with Gasteiger partial charge < -0.3 is 9.47 Å². The second kappa shape index (κ2) is 5.22. The molecule has 0 aromatic carbocycles. The van der Waals surface area contributed by atoms with Crippen LogP contribution in [0.4, 0.5) is 0 Å². The molecule has 0 aliphatic carbocycles. The second-order valence-corrected chi connectivity index (χ2v) is 4.65. The molecule has 1 atom stereocenters. The topological polar surface area (TPSA) is 51.0 Å². The Morgan fingerprint density at radius 2 is 2.16 bits per heavy atom. The lowest BCUT2D eigenvalue weighted by Crippen LogP contribution is -2.30. The highest BCUT2D eigenvalue weighted by atomic mass is 16.2. The van der Waals surface area contributed by atoms with Crippen molar-refractivity contribution in [3.8, 4) is 0 Å². The number of nitrogens with zero attached hydrogens (tertiary/aromatic N) is 4. The van der Waals surface area contributed by atoms with Crippen molar-refractivity contribution in [1.29, 1.82) is 0 Å². The molecule has 19 heavy (non-hydrogen) atoms. The third-order valence-electron chi connectivity index (χ3n) is 3.55. The molecule has 5 heteroatoms. The van der Waals surface area contributed by atoms with Crippen LogP contribution in [-0.4, -0.2) is 32.4 Å². The molecule has 0 saturated heterocycles. The van der Waals surface area contributed by atoms with Crippen LogP contribution in [0.15, 0.2) is 30.9 Å². The highest BCUT2D eigenvalue weighted by Gasteiger charge is 2.22. The first-order chi connectivity index (χ1) is 9.02. The molecule has 0 bridgehead atoms. The van der Waals surface area contributed by atoms with Crippen molar-refractivity contribution in [2.24, 2.45) is 7.05 Å².